The monoisotopic (exact) mass is 432 g/mol. The van der Waals surface area contributed by atoms with Gasteiger partial charge in [-0.3, -0.25) is 0 Å². The Morgan fingerprint density at radius 1 is 0.636 bits per heavy atom. The van der Waals surface area contributed by atoms with Crippen molar-refractivity contribution in [3.63, 3.8) is 0 Å². The van der Waals surface area contributed by atoms with E-state index >= 15 is 0 Å². The summed E-state index contributed by atoms with van der Waals surface area (Å²) in [5.41, 5.74) is 0. The van der Waals surface area contributed by atoms with Gasteiger partial charge in [0, 0.05) is 0 Å². The van der Waals surface area contributed by atoms with Crippen molar-refractivity contribution >= 4 is 87.1 Å². The predicted molar refractivity (Wildman–Crippen MR) is 89.1 cm³/mol. The number of halogens is 1. The van der Waals surface area contributed by atoms with Crippen LogP contribution in [0.25, 0.3) is 0 Å². The van der Waals surface area contributed by atoms with Gasteiger partial charge in [0.2, 0.25) is 0 Å². The number of hydrogen-bond donors (Lipinski definition) is 0. The van der Waals surface area contributed by atoms with Crippen LogP contribution in [0.2, 0.25) is 0 Å². The van der Waals surface area contributed by atoms with E-state index < -0.39 is 0 Å². The van der Waals surface area contributed by atoms with Crippen molar-refractivity contribution in [3.8, 4) is 0 Å². The van der Waals surface area contributed by atoms with Crippen LogP contribution >= 0.6 is 87.1 Å². The fraction of sp³-hybridized carbons (Fsp3) is 0. The Morgan fingerprint density at radius 2 is 0.636 bits per heavy atom. The summed E-state index contributed by atoms with van der Waals surface area (Å²) in [6.07, 6.45) is 0. The average molecular weight is 432 g/mol. The molecule has 0 radical (unpaired) electrons. The normalized spacial score (nSPS) is 5.55. The minimum atomic E-state index is 0.917. The van der Waals surface area contributed by atoms with Crippen LogP contribution < -0.4 is 0 Å². The van der Waals surface area contributed by atoms with Crippen LogP contribution in [-0.2, 0) is 17.3 Å². The topological polar surface area (TPSA) is 0 Å². The van der Waals surface area contributed by atoms with E-state index in [-0.39, 0.29) is 0 Å². The molecular weight excluding hydrogens is 417 g/mol. The molecule has 0 N–H and O–H groups in total. The molecule has 0 aliphatic carbocycles. The van der Waals surface area contributed by atoms with E-state index in [1.807, 2.05) is 17.3 Å². The Bertz CT molecular complexity index is 14.3. The van der Waals surface area contributed by atoms with Crippen molar-refractivity contribution in [2.24, 2.45) is 0 Å². The molecule has 0 rings (SSSR count). The minimum absolute atomic E-state index is 0.917. The molecule has 0 aliphatic heterocycles. The maximum atomic E-state index is 4.53. The van der Waals surface area contributed by atoms with Gasteiger partial charge in [-0.2, -0.15) is 0 Å². The van der Waals surface area contributed by atoms with E-state index in [0.717, 1.165) is 23.9 Å². The SMILES string of the molecule is PPP.PPP.PPP.[Cl][Rh]. The second-order valence-electron chi connectivity index (χ2n) is 0.500. The van der Waals surface area contributed by atoms with E-state index in [4.69, 9.17) is 0 Å². The molecule has 11 heteroatoms. The Hall–Kier alpha value is 4.78. The zero-order valence-electron chi connectivity index (χ0n) is 5.68. The van der Waals surface area contributed by atoms with Crippen LogP contribution in [-0.4, -0.2) is 0 Å². The molecule has 76 valence electrons. The van der Waals surface area contributed by atoms with E-state index in [9.17, 15) is 0 Å². The third-order valence-electron chi connectivity index (χ3n) is 0. The molecule has 0 fully saturated rings. The van der Waals surface area contributed by atoms with Gasteiger partial charge in [-0.1, -0.05) is 23.9 Å². The van der Waals surface area contributed by atoms with Crippen molar-refractivity contribution in [2.75, 3.05) is 0 Å². The summed E-state index contributed by atoms with van der Waals surface area (Å²) in [6.45, 7) is 0. The summed E-state index contributed by atoms with van der Waals surface area (Å²) in [7, 11) is 22.7. The quantitative estimate of drug-likeness (QED) is 0.393. The first-order chi connectivity index (χ1) is 5.24. The van der Waals surface area contributed by atoms with E-state index in [1.165, 1.54) is 0 Å². The molecule has 0 aliphatic rings. The summed E-state index contributed by atoms with van der Waals surface area (Å²) >= 11 is 2.02. The van der Waals surface area contributed by atoms with E-state index in [0.29, 0.717) is 0 Å². The maximum absolute atomic E-state index is 4.53. The molecule has 0 bridgehead atoms. The molecule has 0 amide bonds. The molecule has 0 heterocycles. The molecule has 11 heavy (non-hydrogen) atoms. The second-order valence-corrected chi connectivity index (χ2v) is 13.5. The zero-order chi connectivity index (χ0) is 10.1. The van der Waals surface area contributed by atoms with Crippen LogP contribution in [0.3, 0.4) is 0 Å². The Balaban J connectivity index is -0.0000000301. The molecule has 0 aromatic rings. The fourth-order valence-corrected chi connectivity index (χ4v) is 0. The Kier molecular flexibility index (Phi) is 105. The van der Waals surface area contributed by atoms with Gasteiger partial charge in [-0.05, 0) is 0 Å². The van der Waals surface area contributed by atoms with Gasteiger partial charge in [0.05, 0.1) is 0 Å². The Labute approximate surface area is 104 Å². The van der Waals surface area contributed by atoms with Gasteiger partial charge in [0.1, 0.15) is 0 Å². The fourth-order valence-electron chi connectivity index (χ4n) is 0. The standard InChI is InChI=1S/ClH.3H5P3.Rh/c;3*1-3-2;/h1H;3*3H,1-2H2;/q;;;;+1/p-1. The van der Waals surface area contributed by atoms with Gasteiger partial charge in [0.25, 0.3) is 0 Å². The van der Waals surface area contributed by atoms with Crippen molar-refractivity contribution in [3.05, 3.63) is 0 Å². The van der Waals surface area contributed by atoms with E-state index in [2.05, 4.69) is 63.3 Å². The summed E-state index contributed by atoms with van der Waals surface area (Å²) in [5, 5.41) is 0. The first kappa shape index (κ1) is 24.8. The van der Waals surface area contributed by atoms with Gasteiger partial charge < -0.3 is 0 Å². The summed E-state index contributed by atoms with van der Waals surface area (Å²) in [6, 6.07) is 0. The zero-order valence-corrected chi connectivity index (χ0v) is 18.0. The summed E-state index contributed by atoms with van der Waals surface area (Å²) < 4.78 is 0. The van der Waals surface area contributed by atoms with E-state index in [1.54, 1.807) is 0 Å². The summed E-state index contributed by atoms with van der Waals surface area (Å²) in [5.74, 6) is 0. The van der Waals surface area contributed by atoms with Gasteiger partial charge in [0.15, 0.2) is 0 Å². The van der Waals surface area contributed by atoms with Gasteiger partial charge in [-0.25, -0.2) is 0 Å². The van der Waals surface area contributed by atoms with Gasteiger partial charge in [-0.15, -0.1) is 53.6 Å². The van der Waals surface area contributed by atoms with Crippen LogP contribution in [0.15, 0.2) is 0 Å². The van der Waals surface area contributed by atoms with Crippen molar-refractivity contribution in [2.45, 2.75) is 0 Å². The van der Waals surface area contributed by atoms with Crippen LogP contribution in [0.5, 0.6) is 0 Å². The van der Waals surface area contributed by atoms with Crippen molar-refractivity contribution < 1.29 is 17.3 Å². The summed E-state index contributed by atoms with van der Waals surface area (Å²) in [4.78, 5) is 0. The molecular formula is H15ClP9Rh. The molecule has 6 atom stereocenters. The number of hydrogen-bond acceptors (Lipinski definition) is 0. The molecule has 0 saturated heterocycles. The number of rotatable bonds is 0. The first-order valence-electron chi connectivity index (χ1n) is 1.86. The predicted octanol–water partition coefficient (Wildman–Crippen LogP) is 4.42. The van der Waals surface area contributed by atoms with Crippen LogP contribution in [0.1, 0.15) is 0 Å². The van der Waals surface area contributed by atoms with Crippen LogP contribution in [0.4, 0.5) is 0 Å². The van der Waals surface area contributed by atoms with Crippen molar-refractivity contribution in [1.82, 2.24) is 0 Å². The first-order valence-corrected chi connectivity index (χ1v) is 17.8. The second kappa shape index (κ2) is 46.4. The molecule has 0 spiro atoms. The third kappa shape index (κ3) is 106. The van der Waals surface area contributed by atoms with Crippen molar-refractivity contribution in [1.29, 1.82) is 0 Å². The molecule has 0 saturated carbocycles. The van der Waals surface area contributed by atoms with Crippen LogP contribution in [0, 0.1) is 0 Å². The molecule has 0 aromatic carbocycles. The third-order valence-corrected chi connectivity index (χ3v) is 0. The van der Waals surface area contributed by atoms with Gasteiger partial charge >= 0.3 is 27.0 Å². The molecule has 6 unspecified atom stereocenters. The average Bonchev–Trinajstić information content (AvgIpc) is 1.96. The molecule has 0 aromatic heterocycles. The Morgan fingerprint density at radius 3 is 0.636 bits per heavy atom. The molecule has 0 nitrogen and oxygen atoms in total.